The number of aliphatic imine (C=N–C) groups is 1. The van der Waals surface area contributed by atoms with E-state index in [1.54, 1.807) is 0 Å². The highest BCUT2D eigenvalue weighted by molar-refractivity contribution is 5.98. The number of para-hydroxylation sites is 1. The van der Waals surface area contributed by atoms with Gasteiger partial charge in [-0.3, -0.25) is 4.99 Å². The van der Waals surface area contributed by atoms with Gasteiger partial charge in [0.25, 0.3) is 0 Å². The first-order valence-electron chi connectivity index (χ1n) is 11.2. The first-order valence-corrected chi connectivity index (χ1v) is 11.2. The number of nitrogens with zero attached hydrogens (tertiary/aromatic N) is 5. The highest BCUT2D eigenvalue weighted by Crippen LogP contribution is 2.27. The van der Waals surface area contributed by atoms with Crippen molar-refractivity contribution in [2.45, 2.75) is 6.54 Å². The predicted octanol–water partition coefficient (Wildman–Crippen LogP) is 4.33. The minimum Gasteiger partial charge on any atom is -0.378 e. The van der Waals surface area contributed by atoms with E-state index in [1.807, 2.05) is 53.5 Å². The van der Waals surface area contributed by atoms with Crippen molar-refractivity contribution in [1.82, 2.24) is 19.6 Å². The largest absolute Gasteiger partial charge is 0.378 e. The zero-order valence-electron chi connectivity index (χ0n) is 18.2. The molecular weight excluding hydrogens is 412 g/mol. The van der Waals surface area contributed by atoms with Crippen molar-refractivity contribution in [3.8, 4) is 11.3 Å². The zero-order valence-corrected chi connectivity index (χ0v) is 18.2. The second-order valence-corrected chi connectivity index (χ2v) is 8.14. The Bertz CT molecular complexity index is 1430. The Balaban J connectivity index is 1.36. The maximum atomic E-state index is 5.57. The molecule has 6 rings (SSSR count). The Kier molecular flexibility index (Phi) is 5.08. The van der Waals surface area contributed by atoms with Crippen molar-refractivity contribution in [3.05, 3.63) is 84.3 Å². The van der Waals surface area contributed by atoms with Crippen LogP contribution in [0.3, 0.4) is 0 Å². The van der Waals surface area contributed by atoms with E-state index in [9.17, 15) is 0 Å². The summed E-state index contributed by atoms with van der Waals surface area (Å²) in [5.74, 6) is 0. The molecule has 164 valence electrons. The lowest BCUT2D eigenvalue weighted by atomic mass is 10.2. The van der Waals surface area contributed by atoms with Crippen LogP contribution in [-0.2, 0) is 11.3 Å². The van der Waals surface area contributed by atoms with Gasteiger partial charge in [-0.15, -0.1) is 0 Å². The molecule has 2 aromatic carbocycles. The number of aromatic amines is 1. The number of morpholine rings is 1. The molecule has 7 heteroatoms. The number of benzene rings is 2. The molecule has 1 aliphatic rings. The van der Waals surface area contributed by atoms with E-state index >= 15 is 0 Å². The van der Waals surface area contributed by atoms with Crippen molar-refractivity contribution < 1.29 is 4.74 Å². The van der Waals surface area contributed by atoms with E-state index in [2.05, 4.69) is 40.2 Å². The van der Waals surface area contributed by atoms with Crippen LogP contribution in [0.4, 0.5) is 5.69 Å². The second-order valence-electron chi connectivity index (χ2n) is 8.14. The van der Waals surface area contributed by atoms with Crippen LogP contribution in [0.2, 0.25) is 0 Å². The monoisotopic (exact) mass is 436 g/mol. The summed E-state index contributed by atoms with van der Waals surface area (Å²) in [6.45, 7) is 3.60. The molecule has 0 aliphatic carbocycles. The van der Waals surface area contributed by atoms with E-state index in [-0.39, 0.29) is 0 Å². The third kappa shape index (κ3) is 3.87. The molecule has 0 saturated carbocycles. The molecule has 7 nitrogen and oxygen atoms in total. The van der Waals surface area contributed by atoms with Crippen LogP contribution in [0.25, 0.3) is 27.8 Å². The molecule has 0 bridgehead atoms. The molecule has 0 radical (unpaired) electrons. The van der Waals surface area contributed by atoms with Crippen LogP contribution in [-0.4, -0.2) is 52.1 Å². The summed E-state index contributed by atoms with van der Waals surface area (Å²) in [5.41, 5.74) is 7.02. The van der Waals surface area contributed by atoms with Gasteiger partial charge in [0.1, 0.15) is 0 Å². The number of aromatic nitrogens is 4. The summed E-state index contributed by atoms with van der Waals surface area (Å²) in [4.78, 5) is 15.3. The highest BCUT2D eigenvalue weighted by atomic mass is 16.5. The maximum absolute atomic E-state index is 5.57. The lowest BCUT2D eigenvalue weighted by Gasteiger charge is -2.29. The van der Waals surface area contributed by atoms with Gasteiger partial charge in [-0.1, -0.05) is 48.5 Å². The number of anilines is 1. The Morgan fingerprint density at radius 3 is 2.73 bits per heavy atom. The third-order valence-corrected chi connectivity index (χ3v) is 5.98. The molecule has 4 heterocycles. The summed E-state index contributed by atoms with van der Waals surface area (Å²) in [5, 5.41) is 6.00. The predicted molar refractivity (Wildman–Crippen MR) is 131 cm³/mol. The van der Waals surface area contributed by atoms with E-state index in [0.717, 1.165) is 65.7 Å². The Labute approximate surface area is 191 Å². The number of imidazole rings is 1. The first-order chi connectivity index (χ1) is 16.3. The number of hydrogen-bond donors (Lipinski definition) is 1. The fourth-order valence-electron chi connectivity index (χ4n) is 4.31. The molecule has 5 aromatic rings. The molecule has 1 fully saturated rings. The fourth-order valence-corrected chi connectivity index (χ4v) is 4.31. The first kappa shape index (κ1) is 19.7. The van der Waals surface area contributed by atoms with Crippen LogP contribution in [0.1, 0.15) is 11.3 Å². The Hall–Kier alpha value is -3.97. The van der Waals surface area contributed by atoms with Crippen LogP contribution in [0.15, 0.2) is 78.0 Å². The van der Waals surface area contributed by atoms with E-state index in [0.29, 0.717) is 6.54 Å². The number of H-pyrrole nitrogens is 1. The number of hydrogen-bond acceptors (Lipinski definition) is 5. The number of fused-ring (bicyclic) bond motifs is 2. The van der Waals surface area contributed by atoms with Crippen molar-refractivity contribution in [1.29, 1.82) is 0 Å². The molecule has 3 aromatic heterocycles. The van der Waals surface area contributed by atoms with Crippen LogP contribution >= 0.6 is 0 Å². The average Bonchev–Trinajstić information content (AvgIpc) is 3.49. The molecule has 0 unspecified atom stereocenters. The summed E-state index contributed by atoms with van der Waals surface area (Å²) >= 11 is 0. The van der Waals surface area contributed by atoms with Crippen LogP contribution in [0, 0.1) is 0 Å². The van der Waals surface area contributed by atoms with Gasteiger partial charge >= 0.3 is 0 Å². The Morgan fingerprint density at radius 1 is 1.03 bits per heavy atom. The molecule has 1 saturated heterocycles. The molecular formula is C26H24N6O. The smallest absolute Gasteiger partial charge is 0.177 e. The maximum Gasteiger partial charge on any atom is 0.177 e. The van der Waals surface area contributed by atoms with Crippen molar-refractivity contribution in [3.63, 3.8) is 0 Å². The lowest BCUT2D eigenvalue weighted by molar-refractivity contribution is 0.123. The van der Waals surface area contributed by atoms with E-state index in [1.165, 1.54) is 5.39 Å². The number of nitrogens with one attached hydrogen (secondary N) is 1. The van der Waals surface area contributed by atoms with Crippen molar-refractivity contribution >= 4 is 28.5 Å². The summed E-state index contributed by atoms with van der Waals surface area (Å²) in [6.07, 6.45) is 5.91. The van der Waals surface area contributed by atoms with Crippen molar-refractivity contribution in [2.24, 2.45) is 4.99 Å². The number of rotatable bonds is 5. The van der Waals surface area contributed by atoms with Crippen LogP contribution in [0.5, 0.6) is 0 Å². The van der Waals surface area contributed by atoms with Gasteiger partial charge in [0.05, 0.1) is 43.0 Å². The quantitative estimate of drug-likeness (QED) is 0.416. The molecule has 1 N–H and O–H groups in total. The molecule has 0 spiro atoms. The average molecular weight is 437 g/mol. The zero-order chi connectivity index (χ0) is 22.0. The highest BCUT2D eigenvalue weighted by Gasteiger charge is 2.18. The standard InChI is InChI=1S/C26H24N6O/c1-2-6-19(7-3-1)24-18-32-26(29-24)25(31-10-12-33-13-11-31)14-21(30-32)17-27-15-20-16-28-23-9-5-4-8-22(20)23/h1-9,14-16,18,28H,10-13,17H2. The summed E-state index contributed by atoms with van der Waals surface area (Å²) in [6, 6.07) is 20.6. The normalized spacial score (nSPS) is 14.6. The van der Waals surface area contributed by atoms with E-state index in [4.69, 9.17) is 19.8 Å². The van der Waals surface area contributed by atoms with E-state index < -0.39 is 0 Å². The van der Waals surface area contributed by atoms with Gasteiger partial charge in [0.15, 0.2) is 5.65 Å². The fraction of sp³-hybridized carbons (Fsp3) is 0.192. The summed E-state index contributed by atoms with van der Waals surface area (Å²) < 4.78 is 7.46. The van der Waals surface area contributed by atoms with Gasteiger partial charge in [-0.2, -0.15) is 5.10 Å². The molecule has 0 amide bonds. The topological polar surface area (TPSA) is 70.8 Å². The third-order valence-electron chi connectivity index (χ3n) is 5.98. The van der Waals surface area contributed by atoms with Gasteiger partial charge in [-0.05, 0) is 12.1 Å². The summed E-state index contributed by atoms with van der Waals surface area (Å²) in [7, 11) is 0. The van der Waals surface area contributed by atoms with Gasteiger partial charge < -0.3 is 14.6 Å². The lowest BCUT2D eigenvalue weighted by Crippen LogP contribution is -2.36. The molecule has 33 heavy (non-hydrogen) atoms. The minimum absolute atomic E-state index is 0.492. The Morgan fingerprint density at radius 2 is 1.85 bits per heavy atom. The van der Waals surface area contributed by atoms with Crippen molar-refractivity contribution in [2.75, 3.05) is 31.2 Å². The number of ether oxygens (including phenoxy) is 1. The SMILES string of the molecule is C(=NCc1cc(N2CCOCC2)c2nc(-c3ccccc3)cn2n1)c1c[nH]c2ccccc12. The molecule has 0 atom stereocenters. The van der Waals surface area contributed by atoms with Gasteiger partial charge in [0, 0.05) is 47.5 Å². The van der Waals surface area contributed by atoms with Gasteiger partial charge in [0.2, 0.25) is 0 Å². The molecule has 1 aliphatic heterocycles. The second kappa shape index (κ2) is 8.52. The van der Waals surface area contributed by atoms with Gasteiger partial charge in [-0.25, -0.2) is 9.50 Å². The minimum atomic E-state index is 0.492. The van der Waals surface area contributed by atoms with Crippen LogP contribution < -0.4 is 4.90 Å².